The van der Waals surface area contributed by atoms with Gasteiger partial charge in [-0.1, -0.05) is 60.7 Å². The molecule has 0 saturated carbocycles. The smallest absolute Gasteiger partial charge is 0.0702 e. The van der Waals surface area contributed by atoms with Crippen LogP contribution in [0.2, 0.25) is 0 Å². The summed E-state index contributed by atoms with van der Waals surface area (Å²) in [5, 5.41) is 2.44. The van der Waals surface area contributed by atoms with Crippen molar-refractivity contribution in [3.05, 3.63) is 96.4 Å². The summed E-state index contributed by atoms with van der Waals surface area (Å²) in [6.07, 6.45) is 6.67. The minimum absolute atomic E-state index is 0.844. The van der Waals surface area contributed by atoms with Gasteiger partial charge in [-0.05, 0) is 22.6 Å². The number of benzene rings is 2. The molecule has 0 aliphatic rings. The maximum atomic E-state index is 4.60. The minimum Gasteiger partial charge on any atom is -0.264 e. The average molecular weight is 296 g/mol. The lowest BCUT2D eigenvalue weighted by molar-refractivity contribution is 1.14. The van der Waals surface area contributed by atoms with Crippen LogP contribution in [-0.4, -0.2) is 9.97 Å². The second-order valence-corrected chi connectivity index (χ2v) is 5.61. The normalized spacial score (nSPS) is 10.8. The summed E-state index contributed by atoms with van der Waals surface area (Å²) in [7, 11) is 0. The summed E-state index contributed by atoms with van der Waals surface area (Å²) in [4.78, 5) is 8.96. The summed E-state index contributed by atoms with van der Waals surface area (Å²) in [6.45, 7) is 0. The van der Waals surface area contributed by atoms with Crippen molar-refractivity contribution in [1.82, 2.24) is 9.97 Å². The first-order valence-electron chi connectivity index (χ1n) is 7.72. The number of fused-ring (bicyclic) bond motifs is 1. The second-order valence-electron chi connectivity index (χ2n) is 5.61. The predicted molar refractivity (Wildman–Crippen MR) is 94.2 cm³/mol. The number of hydrogen-bond donors (Lipinski definition) is 0. The maximum Gasteiger partial charge on any atom is 0.0702 e. The lowest BCUT2D eigenvalue weighted by Gasteiger charge is -2.07. The Morgan fingerprint density at radius 1 is 0.696 bits per heavy atom. The van der Waals surface area contributed by atoms with E-state index in [1.165, 1.54) is 21.9 Å². The first-order chi connectivity index (χ1) is 11.4. The van der Waals surface area contributed by atoms with E-state index in [0.29, 0.717) is 0 Å². The Balaban J connectivity index is 1.64. The molecule has 4 rings (SSSR count). The van der Waals surface area contributed by atoms with Crippen molar-refractivity contribution in [2.45, 2.75) is 6.42 Å². The Bertz CT molecular complexity index is 923. The maximum absolute atomic E-state index is 4.60. The molecule has 2 nitrogen and oxygen atoms in total. The number of rotatable bonds is 3. The lowest BCUT2D eigenvalue weighted by atomic mass is 10.0. The van der Waals surface area contributed by atoms with Gasteiger partial charge in [0.1, 0.15) is 0 Å². The van der Waals surface area contributed by atoms with Crippen molar-refractivity contribution in [1.29, 1.82) is 0 Å². The largest absolute Gasteiger partial charge is 0.264 e. The van der Waals surface area contributed by atoms with Crippen LogP contribution in [0.15, 0.2) is 85.3 Å². The molecule has 0 atom stereocenters. The zero-order chi connectivity index (χ0) is 15.5. The third-order valence-electron chi connectivity index (χ3n) is 4.04. The third-order valence-corrected chi connectivity index (χ3v) is 4.04. The number of pyridine rings is 2. The summed E-state index contributed by atoms with van der Waals surface area (Å²) in [6, 6.07) is 22.9. The molecule has 4 aromatic rings. The highest BCUT2D eigenvalue weighted by Crippen LogP contribution is 2.21. The fraction of sp³-hybridized carbons (Fsp3) is 0.0476. The lowest BCUT2D eigenvalue weighted by Crippen LogP contribution is -1.93. The van der Waals surface area contributed by atoms with E-state index in [1.54, 1.807) is 0 Å². The monoisotopic (exact) mass is 296 g/mol. The van der Waals surface area contributed by atoms with Crippen molar-refractivity contribution >= 4 is 10.8 Å². The van der Waals surface area contributed by atoms with Gasteiger partial charge in [0.25, 0.3) is 0 Å². The third kappa shape index (κ3) is 2.84. The van der Waals surface area contributed by atoms with Crippen LogP contribution in [0, 0.1) is 0 Å². The van der Waals surface area contributed by atoms with E-state index in [9.17, 15) is 0 Å². The van der Waals surface area contributed by atoms with Crippen LogP contribution in [0.25, 0.3) is 22.0 Å². The van der Waals surface area contributed by atoms with E-state index < -0.39 is 0 Å². The molecule has 0 unspecified atom stereocenters. The molecule has 0 radical (unpaired) electrons. The molecular formula is C21H16N2. The van der Waals surface area contributed by atoms with E-state index in [1.807, 2.05) is 42.9 Å². The highest BCUT2D eigenvalue weighted by Gasteiger charge is 2.04. The van der Waals surface area contributed by atoms with E-state index >= 15 is 0 Å². The molecule has 0 aliphatic heterocycles. The van der Waals surface area contributed by atoms with E-state index in [2.05, 4.69) is 52.4 Å². The van der Waals surface area contributed by atoms with Gasteiger partial charge in [0.05, 0.1) is 5.69 Å². The van der Waals surface area contributed by atoms with Gasteiger partial charge >= 0.3 is 0 Å². The fourth-order valence-electron chi connectivity index (χ4n) is 2.85. The minimum atomic E-state index is 0.844. The van der Waals surface area contributed by atoms with E-state index in [-0.39, 0.29) is 0 Å². The molecule has 0 amide bonds. The SMILES string of the molecule is c1ccc(-c2ccc(Cc3cncc4ccccc34)cn2)cc1. The molecular weight excluding hydrogens is 280 g/mol. The molecule has 0 bridgehead atoms. The fourth-order valence-corrected chi connectivity index (χ4v) is 2.85. The van der Waals surface area contributed by atoms with E-state index in [0.717, 1.165) is 17.7 Å². The standard InChI is InChI=1S/C21H16N2/c1-2-6-17(7-3-1)21-11-10-16(13-23-21)12-19-15-22-14-18-8-4-5-9-20(18)19/h1-11,13-15H,12H2. The van der Waals surface area contributed by atoms with E-state index in [4.69, 9.17) is 0 Å². The molecule has 0 aliphatic carbocycles. The summed E-state index contributed by atoms with van der Waals surface area (Å²) in [5.41, 5.74) is 4.58. The highest BCUT2D eigenvalue weighted by molar-refractivity contribution is 5.84. The Kier molecular flexibility index (Phi) is 3.57. The molecule has 110 valence electrons. The van der Waals surface area contributed by atoms with Crippen LogP contribution in [0.3, 0.4) is 0 Å². The van der Waals surface area contributed by atoms with Gasteiger partial charge < -0.3 is 0 Å². The van der Waals surface area contributed by atoms with Gasteiger partial charge in [0, 0.05) is 36.0 Å². The van der Waals surface area contributed by atoms with Crippen molar-refractivity contribution in [2.75, 3.05) is 0 Å². The summed E-state index contributed by atoms with van der Waals surface area (Å²) >= 11 is 0. The van der Waals surface area contributed by atoms with Crippen LogP contribution in [-0.2, 0) is 6.42 Å². The van der Waals surface area contributed by atoms with Gasteiger partial charge in [-0.25, -0.2) is 0 Å². The number of aromatic nitrogens is 2. The van der Waals surface area contributed by atoms with Gasteiger partial charge in [0.2, 0.25) is 0 Å². The summed E-state index contributed by atoms with van der Waals surface area (Å²) in [5.74, 6) is 0. The molecule has 0 N–H and O–H groups in total. The quantitative estimate of drug-likeness (QED) is 0.538. The number of hydrogen-bond acceptors (Lipinski definition) is 2. The van der Waals surface area contributed by atoms with Gasteiger partial charge in [-0.2, -0.15) is 0 Å². The van der Waals surface area contributed by atoms with Crippen molar-refractivity contribution in [2.24, 2.45) is 0 Å². The van der Waals surface area contributed by atoms with Crippen LogP contribution in [0.1, 0.15) is 11.1 Å². The zero-order valence-corrected chi connectivity index (χ0v) is 12.7. The Labute approximate surface area is 135 Å². The first-order valence-corrected chi connectivity index (χ1v) is 7.72. The van der Waals surface area contributed by atoms with Crippen LogP contribution in [0.5, 0.6) is 0 Å². The predicted octanol–water partition coefficient (Wildman–Crippen LogP) is 4.89. The molecule has 2 heteroatoms. The van der Waals surface area contributed by atoms with Crippen LogP contribution in [0.4, 0.5) is 0 Å². The molecule has 0 saturated heterocycles. The average Bonchev–Trinajstić information content (AvgIpc) is 2.63. The van der Waals surface area contributed by atoms with Crippen molar-refractivity contribution < 1.29 is 0 Å². The Morgan fingerprint density at radius 2 is 1.52 bits per heavy atom. The van der Waals surface area contributed by atoms with Gasteiger partial charge in [-0.15, -0.1) is 0 Å². The number of nitrogens with zero attached hydrogens (tertiary/aromatic N) is 2. The molecule has 2 aromatic carbocycles. The first kappa shape index (κ1) is 13.6. The topological polar surface area (TPSA) is 25.8 Å². The molecule has 2 heterocycles. The summed E-state index contributed by atoms with van der Waals surface area (Å²) < 4.78 is 0. The second kappa shape index (κ2) is 6.01. The zero-order valence-electron chi connectivity index (χ0n) is 12.7. The van der Waals surface area contributed by atoms with Crippen molar-refractivity contribution in [3.8, 4) is 11.3 Å². The van der Waals surface area contributed by atoms with Crippen LogP contribution < -0.4 is 0 Å². The Hall–Kier alpha value is -3.00. The molecule has 0 fully saturated rings. The molecule has 2 aromatic heterocycles. The molecule has 23 heavy (non-hydrogen) atoms. The Morgan fingerprint density at radius 3 is 2.35 bits per heavy atom. The van der Waals surface area contributed by atoms with Gasteiger partial charge in [0.15, 0.2) is 0 Å². The van der Waals surface area contributed by atoms with Gasteiger partial charge in [-0.3, -0.25) is 9.97 Å². The van der Waals surface area contributed by atoms with Crippen LogP contribution >= 0.6 is 0 Å². The molecule has 0 spiro atoms. The highest BCUT2D eigenvalue weighted by atomic mass is 14.7. The van der Waals surface area contributed by atoms with Crippen molar-refractivity contribution in [3.63, 3.8) is 0 Å².